The van der Waals surface area contributed by atoms with Crippen LogP contribution in [-0.4, -0.2) is 31.3 Å². The molecule has 2 unspecified atom stereocenters. The number of rotatable bonds is 5. The van der Waals surface area contributed by atoms with Crippen molar-refractivity contribution in [2.24, 2.45) is 0 Å². The minimum absolute atomic E-state index is 0. The van der Waals surface area contributed by atoms with Crippen LogP contribution < -0.4 is 34.5 Å². The first-order valence-corrected chi connectivity index (χ1v) is 7.39. The average molecular weight is 236 g/mol. The maximum Gasteiger partial charge on any atom is 1.00 e. The van der Waals surface area contributed by atoms with E-state index in [1.165, 1.54) is 0 Å². The fourth-order valence-corrected chi connectivity index (χ4v) is 3.11. The summed E-state index contributed by atoms with van der Waals surface area (Å²) in [7, 11) is -6.84. The third-order valence-electron chi connectivity index (χ3n) is 1.23. The molecule has 0 spiro atoms. The summed E-state index contributed by atoms with van der Waals surface area (Å²) in [5.74, 6) is 0. The van der Waals surface area contributed by atoms with E-state index < -0.39 is 22.6 Å². The maximum atomic E-state index is 10.6. The molecule has 0 aromatic rings. The van der Waals surface area contributed by atoms with E-state index in [1.54, 1.807) is 0 Å². The van der Waals surface area contributed by atoms with Crippen molar-refractivity contribution in [3.05, 3.63) is 0 Å². The van der Waals surface area contributed by atoms with Gasteiger partial charge in [-0.3, -0.25) is 0 Å². The summed E-state index contributed by atoms with van der Waals surface area (Å²) in [6.07, 6.45) is 1.03. The zero-order valence-electron chi connectivity index (χ0n) is 8.14. The summed E-state index contributed by atoms with van der Waals surface area (Å²) in [6.45, 7) is 2.74. The molecule has 0 heterocycles. The van der Waals surface area contributed by atoms with Gasteiger partial charge < -0.3 is 23.6 Å². The molecule has 0 saturated carbocycles. The molecule has 0 bridgehead atoms. The van der Waals surface area contributed by atoms with Crippen LogP contribution in [0.15, 0.2) is 0 Å². The van der Waals surface area contributed by atoms with E-state index in [0.717, 1.165) is 6.66 Å². The van der Waals surface area contributed by atoms with E-state index in [-0.39, 0.29) is 29.6 Å². The van der Waals surface area contributed by atoms with Crippen molar-refractivity contribution in [1.82, 2.24) is 0 Å². The molecule has 13 heavy (non-hydrogen) atoms. The Morgan fingerprint density at radius 2 is 2.08 bits per heavy atom. The molecule has 5 nitrogen and oxygen atoms in total. The second kappa shape index (κ2) is 7.56. The Morgan fingerprint density at radius 1 is 1.62 bits per heavy atom. The third-order valence-corrected chi connectivity index (χ3v) is 3.25. The van der Waals surface area contributed by atoms with Crippen molar-refractivity contribution in [2.75, 3.05) is 6.66 Å². The Kier molecular flexibility index (Phi) is 9.72. The molecular weight excluding hydrogens is 222 g/mol. The smallest absolute Gasteiger partial charge is 0.779 e. The van der Waals surface area contributed by atoms with Crippen LogP contribution >= 0.6 is 7.60 Å². The Labute approximate surface area is 102 Å². The maximum absolute atomic E-state index is 10.6. The van der Waals surface area contributed by atoms with Crippen molar-refractivity contribution < 1.29 is 53.1 Å². The van der Waals surface area contributed by atoms with E-state index in [1.807, 2.05) is 6.92 Å². The summed E-state index contributed by atoms with van der Waals surface area (Å²) in [5.41, 5.74) is -0.900. The fraction of sp³-hybridized carbons (Fsp3) is 1.00. The molecule has 0 aliphatic heterocycles. The number of hydrogen-bond donors (Lipinski definition) is 2. The molecule has 8 heteroatoms. The fourth-order valence-electron chi connectivity index (χ4n) is 0.787. The van der Waals surface area contributed by atoms with Gasteiger partial charge in [0.05, 0.1) is 0 Å². The minimum Gasteiger partial charge on any atom is -0.779 e. The van der Waals surface area contributed by atoms with E-state index in [0.29, 0.717) is 12.8 Å². The van der Waals surface area contributed by atoms with Crippen molar-refractivity contribution in [2.45, 2.75) is 25.5 Å². The molecule has 0 saturated heterocycles. The van der Waals surface area contributed by atoms with Crippen molar-refractivity contribution in [1.29, 1.82) is 0 Å². The molecule has 2 atom stereocenters. The molecular formula is C5H14NaO5PSi. The van der Waals surface area contributed by atoms with Gasteiger partial charge in [0.2, 0.25) is 0 Å². The van der Waals surface area contributed by atoms with Crippen molar-refractivity contribution in [3.63, 3.8) is 0 Å². The van der Waals surface area contributed by atoms with Gasteiger partial charge in [0.15, 0.2) is 0 Å². The quantitative estimate of drug-likeness (QED) is 0.376. The summed E-state index contributed by atoms with van der Waals surface area (Å²) < 4.78 is 15.1. The summed E-state index contributed by atoms with van der Waals surface area (Å²) in [6, 6.07) is 0. The molecule has 0 amide bonds. The molecule has 0 aromatic heterocycles. The number of hydrogen-bond acceptors (Lipinski definition) is 5. The van der Waals surface area contributed by atoms with Crippen LogP contribution in [0.5, 0.6) is 0 Å². The van der Waals surface area contributed by atoms with Gasteiger partial charge in [0, 0.05) is 6.66 Å². The predicted molar refractivity (Wildman–Crippen MR) is 44.9 cm³/mol. The second-order valence-electron chi connectivity index (χ2n) is 2.62. The van der Waals surface area contributed by atoms with Crippen LogP contribution in [0, 0.1) is 0 Å². The van der Waals surface area contributed by atoms with E-state index in [4.69, 9.17) is 9.59 Å². The van der Waals surface area contributed by atoms with E-state index in [2.05, 4.69) is 4.52 Å². The first-order valence-electron chi connectivity index (χ1n) is 3.70. The molecule has 0 rings (SSSR count). The van der Waals surface area contributed by atoms with Crippen LogP contribution in [0.3, 0.4) is 0 Å². The van der Waals surface area contributed by atoms with E-state index in [9.17, 15) is 9.46 Å². The Bertz CT molecular complexity index is 172. The minimum atomic E-state index is -3.84. The topological polar surface area (TPSA) is 89.8 Å². The SMILES string of the molecule is CCCC(OP(C)(=O)[O-])[SiH](O)O.[Na+]. The largest absolute Gasteiger partial charge is 1.00 e. The van der Waals surface area contributed by atoms with Gasteiger partial charge in [-0.2, -0.15) is 0 Å². The predicted octanol–water partition coefficient (Wildman–Crippen LogP) is -3.90. The van der Waals surface area contributed by atoms with Crippen LogP contribution in [-0.2, 0) is 9.09 Å². The zero-order chi connectivity index (χ0) is 9.78. The summed E-state index contributed by atoms with van der Waals surface area (Å²) in [5, 5.41) is 0. The van der Waals surface area contributed by atoms with Crippen LogP contribution in [0.4, 0.5) is 0 Å². The molecule has 74 valence electrons. The van der Waals surface area contributed by atoms with Crippen LogP contribution in [0.1, 0.15) is 19.8 Å². The van der Waals surface area contributed by atoms with Gasteiger partial charge in [-0.1, -0.05) is 13.3 Å². The summed E-state index contributed by atoms with van der Waals surface area (Å²) >= 11 is 0. The van der Waals surface area contributed by atoms with Crippen LogP contribution in [0.2, 0.25) is 0 Å². The van der Waals surface area contributed by atoms with Crippen LogP contribution in [0.25, 0.3) is 0 Å². The van der Waals surface area contributed by atoms with Crippen molar-refractivity contribution >= 4 is 16.9 Å². The first kappa shape index (κ1) is 16.7. The molecule has 0 aliphatic carbocycles. The molecule has 0 radical (unpaired) electrons. The Balaban J connectivity index is 0. The second-order valence-corrected chi connectivity index (χ2v) is 5.94. The zero-order valence-corrected chi connectivity index (χ0v) is 12.2. The van der Waals surface area contributed by atoms with Gasteiger partial charge in [0.25, 0.3) is 0 Å². The molecule has 0 aliphatic rings. The average Bonchev–Trinajstić information content (AvgIpc) is 1.83. The van der Waals surface area contributed by atoms with Gasteiger partial charge >= 0.3 is 38.8 Å². The van der Waals surface area contributed by atoms with Gasteiger partial charge in [0.1, 0.15) is 13.3 Å². The molecule has 0 fully saturated rings. The Hall–Kier alpha value is 1.29. The van der Waals surface area contributed by atoms with Gasteiger partial charge in [-0.15, -0.1) is 0 Å². The van der Waals surface area contributed by atoms with E-state index >= 15 is 0 Å². The summed E-state index contributed by atoms with van der Waals surface area (Å²) in [4.78, 5) is 28.3. The molecule has 0 aromatic carbocycles. The van der Waals surface area contributed by atoms with Crippen molar-refractivity contribution in [3.8, 4) is 0 Å². The van der Waals surface area contributed by atoms with Gasteiger partial charge in [-0.05, 0) is 6.42 Å². The Morgan fingerprint density at radius 3 is 2.31 bits per heavy atom. The third kappa shape index (κ3) is 9.59. The molecule has 2 N–H and O–H groups in total. The van der Waals surface area contributed by atoms with Gasteiger partial charge in [-0.25, -0.2) is 0 Å². The standard InChI is InChI=1S/C5H15O5PSi.Na/c1-3-4-5(12(8)9)10-11(2,6)7;/h5,8-9,12H,3-4H2,1-2H3,(H,6,7);/q;+1/p-1. The normalized spacial score (nSPS) is 17.7. The monoisotopic (exact) mass is 236 g/mol. The first-order chi connectivity index (χ1) is 5.37.